The predicted octanol–water partition coefficient (Wildman–Crippen LogP) is 1.70. The molecular formula is C13H15ClN2O3. The number of methoxy groups -OCH3 is 2. The number of hydrogen-bond acceptors (Lipinski definition) is 4. The topological polar surface area (TPSA) is 77.3 Å². The molecule has 1 aromatic carbocycles. The van der Waals surface area contributed by atoms with Gasteiger partial charge in [-0.15, -0.1) is 0 Å². The molecule has 0 bridgehead atoms. The first-order chi connectivity index (χ1) is 9.12. The van der Waals surface area contributed by atoms with Crippen molar-refractivity contribution >= 4 is 22.5 Å². The van der Waals surface area contributed by atoms with Crippen LogP contribution in [0, 0.1) is 0 Å². The predicted molar refractivity (Wildman–Crippen MR) is 75.4 cm³/mol. The van der Waals surface area contributed by atoms with Gasteiger partial charge in [0.05, 0.1) is 24.8 Å². The SMILES string of the molecule is COc1cc(Cl)c(OC)c2[nH]c(=O)c(CCN)cc12. The van der Waals surface area contributed by atoms with Crippen LogP contribution in [0.15, 0.2) is 16.9 Å². The number of aromatic amines is 1. The van der Waals surface area contributed by atoms with Crippen molar-refractivity contribution in [2.75, 3.05) is 20.8 Å². The Morgan fingerprint density at radius 3 is 2.63 bits per heavy atom. The van der Waals surface area contributed by atoms with Crippen molar-refractivity contribution in [3.63, 3.8) is 0 Å². The van der Waals surface area contributed by atoms with E-state index in [0.717, 1.165) is 5.39 Å². The van der Waals surface area contributed by atoms with Crippen molar-refractivity contribution in [1.82, 2.24) is 4.98 Å². The van der Waals surface area contributed by atoms with E-state index in [9.17, 15) is 4.79 Å². The highest BCUT2D eigenvalue weighted by Gasteiger charge is 2.14. The zero-order valence-electron chi connectivity index (χ0n) is 10.7. The van der Waals surface area contributed by atoms with E-state index >= 15 is 0 Å². The molecule has 6 heteroatoms. The summed E-state index contributed by atoms with van der Waals surface area (Å²) in [5.41, 5.74) is 6.44. The van der Waals surface area contributed by atoms with E-state index in [1.54, 1.807) is 19.2 Å². The first kappa shape index (κ1) is 13.7. The molecule has 0 fully saturated rings. The number of rotatable bonds is 4. The second kappa shape index (κ2) is 5.50. The number of nitrogens with one attached hydrogen (secondary N) is 1. The number of hydrogen-bond donors (Lipinski definition) is 2. The van der Waals surface area contributed by atoms with Crippen LogP contribution in [0.25, 0.3) is 10.9 Å². The molecule has 0 atom stereocenters. The largest absolute Gasteiger partial charge is 0.496 e. The van der Waals surface area contributed by atoms with Crippen LogP contribution < -0.4 is 20.8 Å². The van der Waals surface area contributed by atoms with Crippen LogP contribution in [0.1, 0.15) is 5.56 Å². The first-order valence-corrected chi connectivity index (χ1v) is 6.16. The number of benzene rings is 1. The minimum absolute atomic E-state index is 0.194. The van der Waals surface area contributed by atoms with E-state index in [2.05, 4.69) is 4.98 Å². The van der Waals surface area contributed by atoms with Gasteiger partial charge in [0.25, 0.3) is 5.56 Å². The van der Waals surface area contributed by atoms with Gasteiger partial charge in [0.2, 0.25) is 0 Å². The van der Waals surface area contributed by atoms with Crippen LogP contribution in [0.2, 0.25) is 5.02 Å². The summed E-state index contributed by atoms with van der Waals surface area (Å²) in [7, 11) is 3.05. The number of pyridine rings is 1. The highest BCUT2D eigenvalue weighted by molar-refractivity contribution is 6.33. The molecule has 0 unspecified atom stereocenters. The van der Waals surface area contributed by atoms with Gasteiger partial charge in [-0.1, -0.05) is 11.6 Å². The molecule has 102 valence electrons. The van der Waals surface area contributed by atoms with Crippen LogP contribution in [-0.4, -0.2) is 25.7 Å². The zero-order chi connectivity index (χ0) is 14.0. The molecule has 0 aliphatic heterocycles. The molecule has 1 heterocycles. The van der Waals surface area contributed by atoms with Gasteiger partial charge in [-0.25, -0.2) is 0 Å². The van der Waals surface area contributed by atoms with Crippen LogP contribution in [-0.2, 0) is 6.42 Å². The molecule has 2 rings (SSSR count). The Labute approximate surface area is 115 Å². The summed E-state index contributed by atoms with van der Waals surface area (Å²) < 4.78 is 10.5. The molecular weight excluding hydrogens is 268 g/mol. The summed E-state index contributed by atoms with van der Waals surface area (Å²) in [6.07, 6.45) is 0.499. The fourth-order valence-corrected chi connectivity index (χ4v) is 2.30. The Hall–Kier alpha value is -1.72. The Morgan fingerprint density at radius 1 is 1.32 bits per heavy atom. The summed E-state index contributed by atoms with van der Waals surface area (Å²) in [4.78, 5) is 14.7. The summed E-state index contributed by atoms with van der Waals surface area (Å²) in [6, 6.07) is 3.42. The van der Waals surface area contributed by atoms with Crippen LogP contribution in [0.4, 0.5) is 0 Å². The van der Waals surface area contributed by atoms with Crippen molar-refractivity contribution in [3.05, 3.63) is 33.1 Å². The number of fused-ring (bicyclic) bond motifs is 1. The Kier molecular flexibility index (Phi) is 3.97. The normalized spacial score (nSPS) is 10.7. The van der Waals surface area contributed by atoms with Crippen molar-refractivity contribution < 1.29 is 9.47 Å². The number of ether oxygens (including phenoxy) is 2. The second-order valence-electron chi connectivity index (χ2n) is 4.04. The van der Waals surface area contributed by atoms with Gasteiger partial charge in [0.15, 0.2) is 5.75 Å². The molecule has 1 aromatic heterocycles. The fraction of sp³-hybridized carbons (Fsp3) is 0.308. The van der Waals surface area contributed by atoms with Gasteiger partial charge in [-0.2, -0.15) is 0 Å². The molecule has 0 radical (unpaired) electrons. The molecule has 0 aliphatic carbocycles. The van der Waals surface area contributed by atoms with Crippen molar-refractivity contribution in [2.24, 2.45) is 5.73 Å². The van der Waals surface area contributed by atoms with Gasteiger partial charge < -0.3 is 20.2 Å². The molecule has 0 aliphatic rings. The number of halogens is 1. The minimum atomic E-state index is -0.194. The third-order valence-corrected chi connectivity index (χ3v) is 3.20. The Balaban J connectivity index is 2.84. The third-order valence-electron chi connectivity index (χ3n) is 2.92. The highest BCUT2D eigenvalue weighted by atomic mass is 35.5. The lowest BCUT2D eigenvalue weighted by Crippen LogP contribution is -2.16. The third kappa shape index (κ3) is 2.39. The summed E-state index contributed by atoms with van der Waals surface area (Å²) >= 11 is 6.09. The van der Waals surface area contributed by atoms with Crippen LogP contribution >= 0.6 is 11.6 Å². The minimum Gasteiger partial charge on any atom is -0.496 e. The van der Waals surface area contributed by atoms with Crippen molar-refractivity contribution in [3.8, 4) is 11.5 Å². The molecule has 2 aromatic rings. The monoisotopic (exact) mass is 282 g/mol. The lowest BCUT2D eigenvalue weighted by Gasteiger charge is -2.12. The summed E-state index contributed by atoms with van der Waals surface area (Å²) in [5.74, 6) is 1.00. The number of nitrogens with two attached hydrogens (primary N) is 1. The fourth-order valence-electron chi connectivity index (χ4n) is 2.03. The van der Waals surface area contributed by atoms with E-state index in [1.807, 2.05) is 0 Å². The quantitative estimate of drug-likeness (QED) is 0.895. The van der Waals surface area contributed by atoms with Gasteiger partial charge in [-0.05, 0) is 19.0 Å². The van der Waals surface area contributed by atoms with E-state index in [4.69, 9.17) is 26.8 Å². The smallest absolute Gasteiger partial charge is 0.251 e. The zero-order valence-corrected chi connectivity index (χ0v) is 11.5. The summed E-state index contributed by atoms with van der Waals surface area (Å²) in [5, 5.41) is 1.13. The maximum absolute atomic E-state index is 12.0. The van der Waals surface area contributed by atoms with Crippen LogP contribution in [0.3, 0.4) is 0 Å². The maximum Gasteiger partial charge on any atom is 0.251 e. The molecule has 0 spiro atoms. The number of aromatic nitrogens is 1. The van der Waals surface area contributed by atoms with Gasteiger partial charge >= 0.3 is 0 Å². The standard InChI is InChI=1S/C13H15ClN2O3/c1-18-10-6-9(14)12(19-2)11-8(10)5-7(3-4-15)13(17)16-11/h5-6H,3-4,15H2,1-2H3,(H,16,17). The van der Waals surface area contributed by atoms with E-state index in [-0.39, 0.29) is 5.56 Å². The summed E-state index contributed by atoms with van der Waals surface area (Å²) in [6.45, 7) is 0.404. The lowest BCUT2D eigenvalue weighted by atomic mass is 10.1. The van der Waals surface area contributed by atoms with Gasteiger partial charge in [-0.3, -0.25) is 4.79 Å². The van der Waals surface area contributed by atoms with Crippen molar-refractivity contribution in [1.29, 1.82) is 0 Å². The van der Waals surface area contributed by atoms with E-state index in [0.29, 0.717) is 40.6 Å². The van der Waals surface area contributed by atoms with Gasteiger partial charge in [0.1, 0.15) is 5.75 Å². The Morgan fingerprint density at radius 2 is 2.05 bits per heavy atom. The average Bonchev–Trinajstić information content (AvgIpc) is 2.39. The first-order valence-electron chi connectivity index (χ1n) is 5.78. The molecule has 5 nitrogen and oxygen atoms in total. The molecule has 0 saturated carbocycles. The van der Waals surface area contributed by atoms with E-state index < -0.39 is 0 Å². The van der Waals surface area contributed by atoms with E-state index in [1.165, 1.54) is 7.11 Å². The van der Waals surface area contributed by atoms with Crippen molar-refractivity contribution in [2.45, 2.75) is 6.42 Å². The van der Waals surface area contributed by atoms with Gasteiger partial charge in [0, 0.05) is 17.0 Å². The highest BCUT2D eigenvalue weighted by Crippen LogP contribution is 2.37. The molecule has 0 amide bonds. The average molecular weight is 283 g/mol. The van der Waals surface area contributed by atoms with Crippen LogP contribution in [0.5, 0.6) is 11.5 Å². The second-order valence-corrected chi connectivity index (χ2v) is 4.45. The molecule has 3 N–H and O–H groups in total. The number of H-pyrrole nitrogens is 1. The molecule has 0 saturated heterocycles. The molecule has 19 heavy (non-hydrogen) atoms. The Bertz CT molecular complexity index is 667. The lowest BCUT2D eigenvalue weighted by molar-refractivity contribution is 0.410. The maximum atomic E-state index is 12.0.